The Kier molecular flexibility index (Phi) is 3.85. The SMILES string of the molecule is c1ccc2c(-c3cnc4[nH]ccc4c3NC3CCCCC3)cccc2c1. The lowest BCUT2D eigenvalue weighted by molar-refractivity contribution is 0.463. The van der Waals surface area contributed by atoms with Crippen LogP contribution in [0.3, 0.4) is 0 Å². The van der Waals surface area contributed by atoms with Crippen molar-refractivity contribution >= 4 is 27.5 Å². The van der Waals surface area contributed by atoms with E-state index >= 15 is 0 Å². The molecule has 3 heteroatoms. The number of hydrogen-bond acceptors (Lipinski definition) is 2. The van der Waals surface area contributed by atoms with Crippen molar-refractivity contribution in [1.29, 1.82) is 0 Å². The van der Waals surface area contributed by atoms with Crippen molar-refractivity contribution in [2.24, 2.45) is 0 Å². The van der Waals surface area contributed by atoms with E-state index < -0.39 is 0 Å². The van der Waals surface area contributed by atoms with Gasteiger partial charge in [-0.05, 0) is 35.2 Å². The van der Waals surface area contributed by atoms with Gasteiger partial charge in [-0.3, -0.25) is 0 Å². The van der Waals surface area contributed by atoms with Crippen molar-refractivity contribution in [2.75, 3.05) is 5.32 Å². The summed E-state index contributed by atoms with van der Waals surface area (Å²) in [6, 6.07) is 17.8. The number of aromatic nitrogens is 2. The Hall–Kier alpha value is -2.81. The maximum absolute atomic E-state index is 4.68. The molecule has 0 atom stereocenters. The quantitative estimate of drug-likeness (QED) is 0.471. The van der Waals surface area contributed by atoms with Crippen molar-refractivity contribution in [3.05, 3.63) is 60.9 Å². The molecule has 1 fully saturated rings. The summed E-state index contributed by atoms with van der Waals surface area (Å²) >= 11 is 0. The fourth-order valence-corrected chi connectivity index (χ4v) is 4.28. The molecule has 4 aromatic rings. The van der Waals surface area contributed by atoms with Gasteiger partial charge < -0.3 is 10.3 Å². The third-order valence-electron chi connectivity index (χ3n) is 5.62. The molecule has 2 aromatic carbocycles. The van der Waals surface area contributed by atoms with E-state index in [2.05, 4.69) is 63.8 Å². The Morgan fingerprint density at radius 2 is 1.69 bits per heavy atom. The lowest BCUT2D eigenvalue weighted by Gasteiger charge is -2.26. The van der Waals surface area contributed by atoms with Gasteiger partial charge in [0.25, 0.3) is 0 Å². The Labute approximate surface area is 153 Å². The van der Waals surface area contributed by atoms with Crippen LogP contribution in [0.25, 0.3) is 32.9 Å². The molecule has 0 bridgehead atoms. The van der Waals surface area contributed by atoms with Crippen molar-refractivity contribution in [1.82, 2.24) is 9.97 Å². The molecule has 130 valence electrons. The molecule has 0 saturated heterocycles. The van der Waals surface area contributed by atoms with Crippen molar-refractivity contribution < 1.29 is 0 Å². The van der Waals surface area contributed by atoms with E-state index in [1.54, 1.807) is 0 Å². The first kappa shape index (κ1) is 15.4. The number of H-pyrrole nitrogens is 1. The highest BCUT2D eigenvalue weighted by molar-refractivity contribution is 6.05. The summed E-state index contributed by atoms with van der Waals surface area (Å²) in [6.07, 6.45) is 10.5. The van der Waals surface area contributed by atoms with E-state index in [0.29, 0.717) is 6.04 Å². The Morgan fingerprint density at radius 3 is 2.62 bits per heavy atom. The zero-order valence-electron chi connectivity index (χ0n) is 14.8. The first-order valence-corrected chi connectivity index (χ1v) is 9.61. The van der Waals surface area contributed by atoms with Gasteiger partial charge in [0.15, 0.2) is 0 Å². The van der Waals surface area contributed by atoms with Crippen molar-refractivity contribution in [2.45, 2.75) is 38.1 Å². The first-order chi connectivity index (χ1) is 12.9. The summed E-state index contributed by atoms with van der Waals surface area (Å²) in [7, 11) is 0. The molecule has 2 aromatic heterocycles. The topological polar surface area (TPSA) is 40.7 Å². The summed E-state index contributed by atoms with van der Waals surface area (Å²) in [5.41, 5.74) is 4.61. The largest absolute Gasteiger partial charge is 0.381 e. The predicted octanol–water partition coefficient (Wildman–Crippen LogP) is 6.13. The number of aromatic amines is 1. The minimum absolute atomic E-state index is 0.554. The van der Waals surface area contributed by atoms with Crippen LogP contribution in [0, 0.1) is 0 Å². The van der Waals surface area contributed by atoms with E-state index in [-0.39, 0.29) is 0 Å². The number of rotatable bonds is 3. The summed E-state index contributed by atoms with van der Waals surface area (Å²) in [5.74, 6) is 0. The summed E-state index contributed by atoms with van der Waals surface area (Å²) in [6.45, 7) is 0. The second-order valence-electron chi connectivity index (χ2n) is 7.29. The van der Waals surface area contributed by atoms with Gasteiger partial charge in [-0.15, -0.1) is 0 Å². The van der Waals surface area contributed by atoms with Gasteiger partial charge >= 0.3 is 0 Å². The highest BCUT2D eigenvalue weighted by Crippen LogP contribution is 2.38. The number of hydrogen-bond donors (Lipinski definition) is 2. The van der Waals surface area contributed by atoms with Crippen LogP contribution in [0.4, 0.5) is 5.69 Å². The van der Waals surface area contributed by atoms with E-state index in [1.165, 1.54) is 65.1 Å². The Balaban J connectivity index is 1.70. The molecular formula is C23H23N3. The molecule has 1 aliphatic rings. The van der Waals surface area contributed by atoms with Gasteiger partial charge in [0.2, 0.25) is 0 Å². The standard InChI is InChI=1S/C23H23N3/c1-2-9-17(10-3-1)26-22-20-13-14-24-23(20)25-15-21(22)19-12-6-8-16-7-4-5-11-18(16)19/h4-8,11-15,17H,1-3,9-10H2,(H2,24,25,26). The zero-order chi connectivity index (χ0) is 17.3. The average molecular weight is 341 g/mol. The van der Waals surface area contributed by atoms with Gasteiger partial charge in [0.1, 0.15) is 5.65 Å². The monoisotopic (exact) mass is 341 g/mol. The second kappa shape index (κ2) is 6.49. The molecule has 0 amide bonds. The van der Waals surface area contributed by atoms with Crippen LogP contribution in [0.15, 0.2) is 60.9 Å². The third-order valence-corrected chi connectivity index (χ3v) is 5.62. The molecule has 0 radical (unpaired) electrons. The van der Waals surface area contributed by atoms with Crippen LogP contribution in [-0.4, -0.2) is 16.0 Å². The minimum Gasteiger partial charge on any atom is -0.381 e. The minimum atomic E-state index is 0.554. The van der Waals surface area contributed by atoms with Crippen molar-refractivity contribution in [3.8, 4) is 11.1 Å². The van der Waals surface area contributed by atoms with Gasteiger partial charge in [0, 0.05) is 29.4 Å². The summed E-state index contributed by atoms with van der Waals surface area (Å²) in [5, 5.41) is 7.61. The maximum Gasteiger partial charge on any atom is 0.139 e. The number of nitrogens with one attached hydrogen (secondary N) is 2. The maximum atomic E-state index is 4.68. The first-order valence-electron chi connectivity index (χ1n) is 9.61. The third kappa shape index (κ3) is 2.64. The zero-order valence-corrected chi connectivity index (χ0v) is 14.8. The van der Waals surface area contributed by atoms with Gasteiger partial charge in [-0.25, -0.2) is 4.98 Å². The lowest BCUT2D eigenvalue weighted by atomic mass is 9.93. The van der Waals surface area contributed by atoms with Crippen LogP contribution < -0.4 is 5.32 Å². The lowest BCUT2D eigenvalue weighted by Crippen LogP contribution is -2.22. The van der Waals surface area contributed by atoms with Crippen LogP contribution in [0.5, 0.6) is 0 Å². The Morgan fingerprint density at radius 1 is 0.846 bits per heavy atom. The van der Waals surface area contributed by atoms with Gasteiger partial charge in [-0.1, -0.05) is 61.7 Å². The summed E-state index contributed by atoms with van der Waals surface area (Å²) in [4.78, 5) is 7.94. The normalized spacial score (nSPS) is 15.5. The molecule has 3 nitrogen and oxygen atoms in total. The van der Waals surface area contributed by atoms with E-state index in [1.807, 2.05) is 12.4 Å². The van der Waals surface area contributed by atoms with E-state index in [9.17, 15) is 0 Å². The number of anilines is 1. The average Bonchev–Trinajstić information content (AvgIpc) is 3.18. The molecule has 1 aliphatic carbocycles. The number of nitrogens with zero attached hydrogens (tertiary/aromatic N) is 1. The molecular weight excluding hydrogens is 318 g/mol. The summed E-state index contributed by atoms with van der Waals surface area (Å²) < 4.78 is 0. The fourth-order valence-electron chi connectivity index (χ4n) is 4.28. The highest BCUT2D eigenvalue weighted by atomic mass is 14.9. The molecule has 0 unspecified atom stereocenters. The molecule has 2 N–H and O–H groups in total. The van der Waals surface area contributed by atoms with Crippen LogP contribution in [0.1, 0.15) is 32.1 Å². The van der Waals surface area contributed by atoms with Crippen LogP contribution in [0.2, 0.25) is 0 Å². The van der Waals surface area contributed by atoms with Gasteiger partial charge in [0.05, 0.1) is 5.69 Å². The van der Waals surface area contributed by atoms with Crippen LogP contribution in [-0.2, 0) is 0 Å². The highest BCUT2D eigenvalue weighted by Gasteiger charge is 2.18. The van der Waals surface area contributed by atoms with E-state index in [0.717, 1.165) is 5.65 Å². The number of pyridine rings is 1. The Bertz CT molecular complexity index is 1050. The molecule has 5 rings (SSSR count). The molecule has 1 saturated carbocycles. The van der Waals surface area contributed by atoms with E-state index in [4.69, 9.17) is 0 Å². The fraction of sp³-hybridized carbons (Fsp3) is 0.261. The molecule has 0 spiro atoms. The van der Waals surface area contributed by atoms with Gasteiger partial charge in [-0.2, -0.15) is 0 Å². The number of fused-ring (bicyclic) bond motifs is 2. The predicted molar refractivity (Wildman–Crippen MR) is 110 cm³/mol. The second-order valence-corrected chi connectivity index (χ2v) is 7.29. The van der Waals surface area contributed by atoms with Crippen LogP contribution >= 0.6 is 0 Å². The smallest absolute Gasteiger partial charge is 0.139 e. The molecule has 2 heterocycles. The molecule has 0 aliphatic heterocycles. The molecule has 26 heavy (non-hydrogen) atoms. The number of benzene rings is 2. The van der Waals surface area contributed by atoms with Crippen molar-refractivity contribution in [3.63, 3.8) is 0 Å².